The maximum absolute atomic E-state index is 11.3. The molecule has 0 radical (unpaired) electrons. The minimum atomic E-state index is -1.75. The van der Waals surface area contributed by atoms with Gasteiger partial charge in [0.15, 0.2) is 8.32 Å². The summed E-state index contributed by atoms with van der Waals surface area (Å²) in [7, 11) is -1.75. The molecule has 23 heavy (non-hydrogen) atoms. The van der Waals surface area contributed by atoms with Gasteiger partial charge in [-0.25, -0.2) is 4.79 Å². The average molecular weight is 402 g/mol. The third-order valence-electron chi connectivity index (χ3n) is 3.63. The predicted octanol–water partition coefficient (Wildman–Crippen LogP) is 5.81. The molecule has 0 amide bonds. The van der Waals surface area contributed by atoms with Crippen LogP contribution in [0.5, 0.6) is 0 Å². The van der Waals surface area contributed by atoms with Crippen molar-refractivity contribution in [3.05, 3.63) is 24.3 Å². The van der Waals surface area contributed by atoms with Crippen molar-refractivity contribution < 1.29 is 14.0 Å². The fourth-order valence-electron chi connectivity index (χ4n) is 1.41. The number of carbonyl (C=O) groups excluding carboxylic acids is 1. The van der Waals surface area contributed by atoms with Crippen LogP contribution in [0.2, 0.25) is 18.1 Å². The van der Waals surface area contributed by atoms with Crippen molar-refractivity contribution in [1.82, 2.24) is 0 Å². The van der Waals surface area contributed by atoms with Crippen LogP contribution in [0.25, 0.3) is 0 Å². The van der Waals surface area contributed by atoms with Crippen molar-refractivity contribution in [3.8, 4) is 0 Å². The number of carbonyl (C=O) groups is 1. The van der Waals surface area contributed by atoms with Crippen molar-refractivity contribution in [2.75, 3.05) is 6.61 Å². The molecule has 0 saturated carbocycles. The summed E-state index contributed by atoms with van der Waals surface area (Å²) in [4.78, 5) is 11.3. The minimum absolute atomic E-state index is 0.136. The zero-order valence-corrected chi connectivity index (χ0v) is 17.9. The Morgan fingerprint density at radius 1 is 1.17 bits per heavy atom. The van der Waals surface area contributed by atoms with E-state index in [1.807, 2.05) is 6.08 Å². The van der Waals surface area contributed by atoms with E-state index in [2.05, 4.69) is 40.8 Å². The van der Waals surface area contributed by atoms with Crippen LogP contribution in [-0.4, -0.2) is 30.8 Å². The van der Waals surface area contributed by atoms with Crippen molar-refractivity contribution in [3.63, 3.8) is 0 Å². The molecule has 0 aromatic carbocycles. The average Bonchev–Trinajstić information content (AvgIpc) is 2.33. The largest absolute Gasteiger partial charge is 0.458 e. The van der Waals surface area contributed by atoms with Gasteiger partial charge in [-0.2, -0.15) is 0 Å². The fourth-order valence-corrected chi connectivity index (χ4v) is 3.03. The van der Waals surface area contributed by atoms with E-state index in [0.29, 0.717) is 0 Å². The second kappa shape index (κ2) is 9.47. The molecule has 0 heterocycles. The molecule has 1 unspecified atom stereocenters. The van der Waals surface area contributed by atoms with Crippen LogP contribution in [0.3, 0.4) is 0 Å². The Morgan fingerprint density at radius 2 is 1.74 bits per heavy atom. The summed E-state index contributed by atoms with van der Waals surface area (Å²) in [5, 5.41) is 0.192. The van der Waals surface area contributed by atoms with Gasteiger partial charge in [0.05, 0.1) is 0 Å². The van der Waals surface area contributed by atoms with Gasteiger partial charge in [0, 0.05) is 12.2 Å². The summed E-state index contributed by atoms with van der Waals surface area (Å²) >= 11 is 16.5. The highest BCUT2D eigenvalue weighted by Crippen LogP contribution is 2.37. The van der Waals surface area contributed by atoms with Gasteiger partial charge in [0.2, 0.25) is 3.79 Å². The van der Waals surface area contributed by atoms with Crippen LogP contribution in [0.15, 0.2) is 24.3 Å². The first-order valence-corrected chi connectivity index (χ1v) is 11.5. The van der Waals surface area contributed by atoms with Crippen molar-refractivity contribution in [2.24, 2.45) is 0 Å². The zero-order valence-electron chi connectivity index (χ0n) is 14.7. The number of allylic oxidation sites excluding steroid dienone is 2. The first-order valence-electron chi connectivity index (χ1n) is 7.49. The number of halogens is 3. The molecule has 0 spiro atoms. The number of alkyl halides is 3. The second-order valence-electron chi connectivity index (χ2n) is 6.93. The maximum atomic E-state index is 11.3. The molecule has 7 heteroatoms. The van der Waals surface area contributed by atoms with Crippen LogP contribution >= 0.6 is 34.8 Å². The van der Waals surface area contributed by atoms with Crippen LogP contribution in [-0.2, 0) is 14.0 Å². The molecular weight excluding hydrogens is 375 g/mol. The molecule has 0 N–H and O–H groups in total. The standard InChI is InChI=1S/C16H27Cl3O3Si/c1-13(22-23(5,6)15(2,3)4)10-8-7-9-11-14(20)21-12-16(17,18)19/h7-9,11,13H,10,12H2,1-6H3/b8-7+,11-9+. The number of esters is 1. The molecule has 0 aromatic heterocycles. The fraction of sp³-hybridized carbons (Fsp3) is 0.688. The molecule has 134 valence electrons. The molecule has 0 aliphatic carbocycles. The molecule has 3 nitrogen and oxygen atoms in total. The van der Waals surface area contributed by atoms with E-state index in [-0.39, 0.29) is 17.7 Å². The van der Waals surface area contributed by atoms with Crippen LogP contribution < -0.4 is 0 Å². The van der Waals surface area contributed by atoms with Gasteiger partial charge in [0.1, 0.15) is 6.61 Å². The molecule has 0 fully saturated rings. The summed E-state index contributed by atoms with van der Waals surface area (Å²) in [6, 6.07) is 0. The smallest absolute Gasteiger partial charge is 0.330 e. The molecule has 0 bridgehead atoms. The maximum Gasteiger partial charge on any atom is 0.330 e. The quantitative estimate of drug-likeness (QED) is 0.177. The Hall–Kier alpha value is -0.00312. The van der Waals surface area contributed by atoms with E-state index in [1.165, 1.54) is 6.08 Å². The SMILES string of the molecule is CC(C/C=C/C=C/C(=O)OCC(Cl)(Cl)Cl)O[Si](C)(C)C(C)(C)C. The summed E-state index contributed by atoms with van der Waals surface area (Å²) in [6.45, 7) is 12.9. The third kappa shape index (κ3) is 11.2. The van der Waals surface area contributed by atoms with E-state index in [9.17, 15) is 4.79 Å². The number of ether oxygens (including phenoxy) is 1. The van der Waals surface area contributed by atoms with Gasteiger partial charge in [0.25, 0.3) is 0 Å². The Kier molecular flexibility index (Phi) is 9.47. The topological polar surface area (TPSA) is 35.5 Å². The number of rotatable bonds is 7. The summed E-state index contributed by atoms with van der Waals surface area (Å²) < 4.78 is 9.41. The lowest BCUT2D eigenvalue weighted by Gasteiger charge is -2.38. The van der Waals surface area contributed by atoms with Crippen molar-refractivity contribution >= 4 is 49.1 Å². The lowest BCUT2D eigenvalue weighted by atomic mass is 10.2. The molecule has 1 atom stereocenters. The Balaban J connectivity index is 4.20. The third-order valence-corrected chi connectivity index (χ3v) is 8.56. The van der Waals surface area contributed by atoms with Crippen LogP contribution in [0.1, 0.15) is 34.1 Å². The summed E-state index contributed by atoms with van der Waals surface area (Å²) in [5.74, 6) is -0.549. The highest BCUT2D eigenvalue weighted by atomic mass is 35.6. The van der Waals surface area contributed by atoms with E-state index in [1.54, 1.807) is 12.2 Å². The first-order chi connectivity index (χ1) is 10.2. The molecule has 0 rings (SSSR count). The molecule has 0 aliphatic heterocycles. The lowest BCUT2D eigenvalue weighted by Crippen LogP contribution is -2.43. The summed E-state index contributed by atoms with van der Waals surface area (Å²) in [5.41, 5.74) is 0. The minimum Gasteiger partial charge on any atom is -0.458 e. The highest BCUT2D eigenvalue weighted by Gasteiger charge is 2.38. The van der Waals surface area contributed by atoms with E-state index >= 15 is 0 Å². The van der Waals surface area contributed by atoms with Gasteiger partial charge in [-0.15, -0.1) is 0 Å². The van der Waals surface area contributed by atoms with Crippen molar-refractivity contribution in [2.45, 2.75) is 62.1 Å². The van der Waals surface area contributed by atoms with Crippen LogP contribution in [0.4, 0.5) is 0 Å². The molecule has 0 aliphatic rings. The zero-order chi connectivity index (χ0) is 18.3. The van der Waals surface area contributed by atoms with Gasteiger partial charge < -0.3 is 9.16 Å². The van der Waals surface area contributed by atoms with Gasteiger partial charge in [-0.05, 0) is 31.5 Å². The Labute approximate surface area is 156 Å². The predicted molar refractivity (Wildman–Crippen MR) is 102 cm³/mol. The van der Waals surface area contributed by atoms with Crippen molar-refractivity contribution in [1.29, 1.82) is 0 Å². The van der Waals surface area contributed by atoms with Crippen LogP contribution in [0, 0.1) is 0 Å². The number of hydrogen-bond acceptors (Lipinski definition) is 3. The highest BCUT2D eigenvalue weighted by molar-refractivity contribution is 6.74. The normalized spacial score (nSPS) is 15.3. The monoisotopic (exact) mass is 400 g/mol. The Bertz CT molecular complexity index is 435. The summed E-state index contributed by atoms with van der Waals surface area (Å²) in [6.07, 6.45) is 7.53. The lowest BCUT2D eigenvalue weighted by molar-refractivity contribution is -0.137. The van der Waals surface area contributed by atoms with Gasteiger partial charge in [-0.3, -0.25) is 0 Å². The van der Waals surface area contributed by atoms with Gasteiger partial charge >= 0.3 is 5.97 Å². The second-order valence-corrected chi connectivity index (χ2v) is 14.2. The molecule has 0 saturated heterocycles. The van der Waals surface area contributed by atoms with Gasteiger partial charge in [-0.1, -0.05) is 73.8 Å². The first kappa shape index (κ1) is 23.0. The Morgan fingerprint density at radius 3 is 2.22 bits per heavy atom. The molecule has 0 aromatic rings. The number of hydrogen-bond donors (Lipinski definition) is 0. The van der Waals surface area contributed by atoms with E-state index in [4.69, 9.17) is 44.0 Å². The van der Waals surface area contributed by atoms with E-state index < -0.39 is 18.1 Å². The molecular formula is C16H27Cl3O3Si. The van der Waals surface area contributed by atoms with E-state index in [0.717, 1.165) is 6.42 Å².